The van der Waals surface area contributed by atoms with Crippen LogP contribution in [0.15, 0.2) is 18.2 Å². The lowest BCUT2D eigenvalue weighted by molar-refractivity contribution is 0.101. The zero-order valence-corrected chi connectivity index (χ0v) is 13.5. The molecule has 0 spiro atoms. The minimum atomic E-state index is -3.22. The monoisotopic (exact) mass is 298 g/mol. The van der Waals surface area contributed by atoms with Crippen molar-refractivity contribution in [3.63, 3.8) is 0 Å². The Bertz CT molecular complexity index is 595. The lowest BCUT2D eigenvalue weighted by atomic mass is 10.1. The second kappa shape index (κ2) is 5.95. The van der Waals surface area contributed by atoms with E-state index >= 15 is 0 Å². The molecule has 0 amide bonds. The summed E-state index contributed by atoms with van der Waals surface area (Å²) in [5.41, 5.74) is 1.45. The second-order valence-electron chi connectivity index (χ2n) is 5.84. The highest BCUT2D eigenvalue weighted by molar-refractivity contribution is 7.92. The quantitative estimate of drug-likeness (QED) is 0.784. The Balaban J connectivity index is 2.80. The summed E-state index contributed by atoms with van der Waals surface area (Å²) < 4.78 is 28.6. The van der Waals surface area contributed by atoms with Gasteiger partial charge >= 0.3 is 0 Å². The van der Waals surface area contributed by atoms with Crippen LogP contribution in [0, 0.1) is 6.92 Å². The molecule has 0 saturated carbocycles. The van der Waals surface area contributed by atoms with Gasteiger partial charge in [-0.25, -0.2) is 8.42 Å². The minimum absolute atomic E-state index is 0.0446. The van der Waals surface area contributed by atoms with Crippen molar-refractivity contribution in [2.75, 3.05) is 12.4 Å². The molecule has 0 heterocycles. The third-order valence-electron chi connectivity index (χ3n) is 3.06. The summed E-state index contributed by atoms with van der Waals surface area (Å²) in [6.45, 7) is 8.39. The van der Waals surface area contributed by atoms with Crippen LogP contribution in [0.4, 0.5) is 0 Å². The van der Waals surface area contributed by atoms with Crippen molar-refractivity contribution < 1.29 is 17.9 Å². The van der Waals surface area contributed by atoms with Gasteiger partial charge in [0.25, 0.3) is 0 Å². The molecule has 0 N–H and O–H groups in total. The maximum atomic E-state index is 12.0. The summed E-state index contributed by atoms with van der Waals surface area (Å²) in [5.74, 6) is 0.274. The fourth-order valence-corrected chi connectivity index (χ4v) is 2.53. The highest BCUT2D eigenvalue weighted by atomic mass is 32.2. The molecule has 1 aromatic rings. The molecular weight excluding hydrogens is 276 g/mol. The van der Waals surface area contributed by atoms with E-state index in [9.17, 15) is 13.2 Å². The highest BCUT2D eigenvalue weighted by Crippen LogP contribution is 2.21. The van der Waals surface area contributed by atoms with Crippen molar-refractivity contribution in [1.82, 2.24) is 0 Å². The maximum Gasteiger partial charge on any atom is 0.163 e. The molecule has 0 fully saturated rings. The van der Waals surface area contributed by atoms with E-state index in [2.05, 4.69) is 0 Å². The van der Waals surface area contributed by atoms with Crippen LogP contribution in [0.2, 0.25) is 0 Å². The molecule has 0 bridgehead atoms. The van der Waals surface area contributed by atoms with Crippen molar-refractivity contribution >= 4 is 15.6 Å². The van der Waals surface area contributed by atoms with Crippen LogP contribution < -0.4 is 4.74 Å². The van der Waals surface area contributed by atoms with Gasteiger partial charge in [-0.3, -0.25) is 4.79 Å². The van der Waals surface area contributed by atoms with Crippen LogP contribution in [0.25, 0.3) is 0 Å². The zero-order valence-electron chi connectivity index (χ0n) is 12.7. The van der Waals surface area contributed by atoms with Crippen LogP contribution in [-0.2, 0) is 9.84 Å². The van der Waals surface area contributed by atoms with Crippen molar-refractivity contribution in [1.29, 1.82) is 0 Å². The van der Waals surface area contributed by atoms with E-state index in [0.29, 0.717) is 11.3 Å². The molecule has 5 heteroatoms. The molecule has 0 aliphatic carbocycles. The van der Waals surface area contributed by atoms with Crippen molar-refractivity contribution in [2.45, 2.75) is 39.4 Å². The number of hydrogen-bond acceptors (Lipinski definition) is 4. The van der Waals surface area contributed by atoms with Crippen LogP contribution in [0.5, 0.6) is 5.75 Å². The first-order valence-corrected chi connectivity index (χ1v) is 8.16. The molecular formula is C15H22O4S. The first-order valence-electron chi connectivity index (χ1n) is 6.51. The van der Waals surface area contributed by atoms with E-state index in [-0.39, 0.29) is 18.1 Å². The zero-order chi connectivity index (χ0) is 15.6. The largest absolute Gasteiger partial charge is 0.492 e. The fraction of sp³-hybridized carbons (Fsp3) is 0.533. The van der Waals surface area contributed by atoms with Gasteiger partial charge < -0.3 is 4.74 Å². The van der Waals surface area contributed by atoms with Gasteiger partial charge in [0.1, 0.15) is 12.4 Å². The Morgan fingerprint density at radius 3 is 2.35 bits per heavy atom. The molecule has 112 valence electrons. The van der Waals surface area contributed by atoms with E-state index < -0.39 is 14.6 Å². The Morgan fingerprint density at radius 1 is 1.25 bits per heavy atom. The Labute approximate surface area is 121 Å². The van der Waals surface area contributed by atoms with E-state index in [4.69, 9.17) is 4.74 Å². The van der Waals surface area contributed by atoms with E-state index in [1.54, 1.807) is 32.9 Å². The summed E-state index contributed by atoms with van der Waals surface area (Å²) in [6, 6.07) is 5.28. The van der Waals surface area contributed by atoms with Gasteiger partial charge in [-0.05, 0) is 46.8 Å². The van der Waals surface area contributed by atoms with E-state index in [0.717, 1.165) is 5.56 Å². The van der Waals surface area contributed by atoms with Gasteiger partial charge in [-0.2, -0.15) is 0 Å². The second-order valence-corrected chi connectivity index (χ2v) is 8.70. The first kappa shape index (κ1) is 16.7. The molecule has 0 radical (unpaired) electrons. The van der Waals surface area contributed by atoms with Gasteiger partial charge in [-0.1, -0.05) is 11.6 Å². The number of carbonyl (C=O) groups excluding carboxylic acids is 1. The number of ether oxygens (including phenoxy) is 1. The van der Waals surface area contributed by atoms with E-state index in [1.165, 1.54) is 6.92 Å². The number of benzene rings is 1. The third kappa shape index (κ3) is 4.07. The fourth-order valence-electron chi connectivity index (χ4n) is 1.61. The van der Waals surface area contributed by atoms with Crippen LogP contribution in [0.3, 0.4) is 0 Å². The van der Waals surface area contributed by atoms with Gasteiger partial charge in [0.05, 0.1) is 16.1 Å². The molecule has 0 atom stereocenters. The summed E-state index contributed by atoms with van der Waals surface area (Å²) in [4.78, 5) is 11.5. The average molecular weight is 298 g/mol. The van der Waals surface area contributed by atoms with E-state index in [1.807, 2.05) is 13.0 Å². The number of Topliss-reactive ketones (excluding diaryl/α,β-unsaturated/α-hetero) is 1. The lowest BCUT2D eigenvalue weighted by Crippen LogP contribution is -2.32. The summed E-state index contributed by atoms with van der Waals surface area (Å²) in [5, 5.41) is 0. The standard InChI is InChI=1S/C15H22O4S/c1-11-6-7-14(13(10-11)12(2)16)19-8-9-20(17,18)15(3,4)5/h6-7,10H,8-9H2,1-5H3. The topological polar surface area (TPSA) is 60.4 Å². The first-order chi connectivity index (χ1) is 9.04. The SMILES string of the molecule is CC(=O)c1cc(C)ccc1OCCS(=O)(=O)C(C)(C)C. The van der Waals surface area contributed by atoms with Gasteiger partial charge in [0.15, 0.2) is 15.6 Å². The molecule has 20 heavy (non-hydrogen) atoms. The van der Waals surface area contributed by atoms with Gasteiger partial charge in [-0.15, -0.1) is 0 Å². The molecule has 0 aliphatic heterocycles. The third-order valence-corrected chi connectivity index (χ3v) is 5.63. The molecule has 0 unspecified atom stereocenters. The van der Waals surface area contributed by atoms with Crippen molar-refractivity contribution in [3.8, 4) is 5.75 Å². The smallest absolute Gasteiger partial charge is 0.163 e. The number of hydrogen-bond donors (Lipinski definition) is 0. The normalized spacial score (nSPS) is 12.2. The maximum absolute atomic E-state index is 12.0. The molecule has 0 aliphatic rings. The lowest BCUT2D eigenvalue weighted by Gasteiger charge is -2.19. The highest BCUT2D eigenvalue weighted by Gasteiger charge is 2.28. The Kier molecular flexibility index (Phi) is 4.97. The summed E-state index contributed by atoms with van der Waals surface area (Å²) in [7, 11) is -3.22. The summed E-state index contributed by atoms with van der Waals surface area (Å²) >= 11 is 0. The molecule has 0 saturated heterocycles. The number of ketones is 1. The number of rotatable bonds is 5. The molecule has 0 aromatic heterocycles. The Morgan fingerprint density at radius 2 is 1.85 bits per heavy atom. The molecule has 4 nitrogen and oxygen atoms in total. The van der Waals surface area contributed by atoms with Gasteiger partial charge in [0, 0.05) is 0 Å². The molecule has 1 rings (SSSR count). The number of aryl methyl sites for hydroxylation is 1. The minimum Gasteiger partial charge on any atom is -0.492 e. The molecule has 1 aromatic carbocycles. The Hall–Kier alpha value is -1.36. The van der Waals surface area contributed by atoms with Crippen LogP contribution in [0.1, 0.15) is 43.6 Å². The van der Waals surface area contributed by atoms with Crippen LogP contribution in [-0.4, -0.2) is 31.3 Å². The summed E-state index contributed by atoms with van der Waals surface area (Å²) in [6.07, 6.45) is 0. The average Bonchev–Trinajstić information content (AvgIpc) is 2.29. The predicted molar refractivity (Wildman–Crippen MR) is 80.2 cm³/mol. The van der Waals surface area contributed by atoms with Crippen molar-refractivity contribution in [2.24, 2.45) is 0 Å². The van der Waals surface area contributed by atoms with Crippen LogP contribution >= 0.6 is 0 Å². The number of sulfone groups is 1. The van der Waals surface area contributed by atoms with Crippen molar-refractivity contribution in [3.05, 3.63) is 29.3 Å². The number of carbonyl (C=O) groups is 1. The predicted octanol–water partition coefficient (Wildman–Crippen LogP) is 2.79. The van der Waals surface area contributed by atoms with Gasteiger partial charge in [0.2, 0.25) is 0 Å².